The van der Waals surface area contributed by atoms with Crippen LogP contribution in [0.25, 0.3) is 5.57 Å². The zero-order valence-corrected chi connectivity index (χ0v) is 9.91. The number of benzene rings is 1. The first kappa shape index (κ1) is 13.1. The number of pyridine rings is 1. The highest BCUT2D eigenvalue weighted by Crippen LogP contribution is 2.30. The lowest BCUT2D eigenvalue weighted by Gasteiger charge is -2.09. The van der Waals surface area contributed by atoms with Crippen LogP contribution in [0.1, 0.15) is 16.8 Å². The molecule has 0 radical (unpaired) electrons. The summed E-state index contributed by atoms with van der Waals surface area (Å²) in [6.45, 7) is 3.83. The van der Waals surface area contributed by atoms with E-state index in [9.17, 15) is 13.2 Å². The molecule has 0 unspecified atom stereocenters. The highest BCUT2D eigenvalue weighted by atomic mass is 19.4. The van der Waals surface area contributed by atoms with Crippen molar-refractivity contribution in [1.29, 1.82) is 0 Å². The molecule has 0 saturated heterocycles. The van der Waals surface area contributed by atoms with Crippen LogP contribution in [0.4, 0.5) is 18.9 Å². The van der Waals surface area contributed by atoms with E-state index in [4.69, 9.17) is 5.73 Å². The van der Waals surface area contributed by atoms with Crippen LogP contribution in [0.5, 0.6) is 0 Å². The average molecular weight is 264 g/mol. The minimum atomic E-state index is -4.34. The number of nitrogens with zero attached hydrogens (tertiary/aromatic N) is 1. The van der Waals surface area contributed by atoms with Crippen molar-refractivity contribution in [2.75, 3.05) is 5.73 Å². The summed E-state index contributed by atoms with van der Waals surface area (Å²) in [6, 6.07) is 8.04. The van der Waals surface area contributed by atoms with E-state index in [1.807, 2.05) is 0 Å². The summed E-state index contributed by atoms with van der Waals surface area (Å²) in [5, 5.41) is 0. The van der Waals surface area contributed by atoms with Gasteiger partial charge in [-0.05, 0) is 29.8 Å². The van der Waals surface area contributed by atoms with Crippen molar-refractivity contribution >= 4 is 11.3 Å². The smallest absolute Gasteiger partial charge is 0.399 e. The predicted molar refractivity (Wildman–Crippen MR) is 68.2 cm³/mol. The van der Waals surface area contributed by atoms with Gasteiger partial charge in [0, 0.05) is 17.5 Å². The van der Waals surface area contributed by atoms with Crippen LogP contribution in [0.2, 0.25) is 0 Å². The number of nitrogen functional groups attached to an aromatic ring is 1. The van der Waals surface area contributed by atoms with Gasteiger partial charge in [0.15, 0.2) is 0 Å². The van der Waals surface area contributed by atoms with Gasteiger partial charge in [-0.15, -0.1) is 0 Å². The van der Waals surface area contributed by atoms with Crippen LogP contribution in [0.3, 0.4) is 0 Å². The summed E-state index contributed by atoms with van der Waals surface area (Å²) in [5.74, 6) is 0. The molecule has 2 aromatic rings. The number of anilines is 1. The lowest BCUT2D eigenvalue weighted by atomic mass is 10.0. The zero-order valence-electron chi connectivity index (χ0n) is 9.91. The minimum absolute atomic E-state index is 0.526. The molecule has 0 aliphatic rings. The molecule has 0 atom stereocenters. The summed E-state index contributed by atoms with van der Waals surface area (Å²) < 4.78 is 37.3. The molecule has 1 aromatic heterocycles. The maximum absolute atomic E-state index is 12.4. The van der Waals surface area contributed by atoms with E-state index in [0.29, 0.717) is 22.5 Å². The number of hydrogen-bond acceptors (Lipinski definition) is 2. The van der Waals surface area contributed by atoms with Gasteiger partial charge in [-0.3, -0.25) is 4.98 Å². The molecule has 1 aromatic carbocycles. The quantitative estimate of drug-likeness (QED) is 0.897. The Morgan fingerprint density at radius 1 is 1.11 bits per heavy atom. The first-order chi connectivity index (χ1) is 8.88. The van der Waals surface area contributed by atoms with E-state index in [0.717, 1.165) is 12.1 Å². The van der Waals surface area contributed by atoms with Gasteiger partial charge in [-0.1, -0.05) is 18.7 Å². The van der Waals surface area contributed by atoms with Gasteiger partial charge in [0.25, 0.3) is 0 Å². The second-order valence-corrected chi connectivity index (χ2v) is 4.03. The van der Waals surface area contributed by atoms with Gasteiger partial charge in [-0.25, -0.2) is 0 Å². The molecule has 0 fully saturated rings. The second kappa shape index (κ2) is 4.76. The molecule has 0 bridgehead atoms. The summed E-state index contributed by atoms with van der Waals surface area (Å²) in [5.41, 5.74) is 7.11. The summed E-state index contributed by atoms with van der Waals surface area (Å²) in [4.78, 5) is 4.09. The van der Waals surface area contributed by atoms with Crippen LogP contribution in [-0.2, 0) is 6.18 Å². The van der Waals surface area contributed by atoms with Gasteiger partial charge in [0.05, 0.1) is 11.3 Å². The Morgan fingerprint density at radius 2 is 1.74 bits per heavy atom. The van der Waals surface area contributed by atoms with Crippen LogP contribution >= 0.6 is 0 Å². The molecule has 2 rings (SSSR count). The molecule has 0 aliphatic heterocycles. The maximum atomic E-state index is 12.4. The van der Waals surface area contributed by atoms with Crippen LogP contribution < -0.4 is 5.73 Å². The average Bonchev–Trinajstić information content (AvgIpc) is 2.37. The number of nitrogens with two attached hydrogens (primary N) is 1. The zero-order chi connectivity index (χ0) is 14.0. The molecule has 1 heterocycles. The molecule has 2 nitrogen and oxygen atoms in total. The number of rotatable bonds is 2. The van der Waals surface area contributed by atoms with Crippen molar-refractivity contribution in [3.05, 3.63) is 66.0 Å². The SMILES string of the molecule is C=C(c1ccc(C(F)(F)F)cc1)c1cc(N)ccn1. The number of hydrogen-bond donors (Lipinski definition) is 1. The van der Waals surface area contributed by atoms with Gasteiger partial charge < -0.3 is 5.73 Å². The van der Waals surface area contributed by atoms with Crippen LogP contribution in [0, 0.1) is 0 Å². The molecule has 0 amide bonds. The van der Waals surface area contributed by atoms with Crippen molar-refractivity contribution in [2.24, 2.45) is 0 Å². The van der Waals surface area contributed by atoms with Gasteiger partial charge in [0.1, 0.15) is 0 Å². The third kappa shape index (κ3) is 2.93. The normalized spacial score (nSPS) is 11.3. The van der Waals surface area contributed by atoms with Gasteiger partial charge in [0.2, 0.25) is 0 Å². The van der Waals surface area contributed by atoms with Crippen LogP contribution in [0.15, 0.2) is 49.2 Å². The Morgan fingerprint density at radius 3 is 2.26 bits per heavy atom. The van der Waals surface area contributed by atoms with Crippen molar-refractivity contribution in [1.82, 2.24) is 4.98 Å². The van der Waals surface area contributed by atoms with E-state index >= 15 is 0 Å². The minimum Gasteiger partial charge on any atom is -0.399 e. The lowest BCUT2D eigenvalue weighted by molar-refractivity contribution is -0.137. The lowest BCUT2D eigenvalue weighted by Crippen LogP contribution is -2.04. The monoisotopic (exact) mass is 264 g/mol. The standard InChI is InChI=1S/C14H11F3N2/c1-9(13-8-12(18)6-7-19-13)10-2-4-11(5-3-10)14(15,16)17/h2-8H,1H2,(H2,18,19). The fourth-order valence-electron chi connectivity index (χ4n) is 1.62. The molecule has 98 valence electrons. The van der Waals surface area contributed by atoms with Gasteiger partial charge >= 0.3 is 6.18 Å². The largest absolute Gasteiger partial charge is 0.416 e. The summed E-state index contributed by atoms with van der Waals surface area (Å²) >= 11 is 0. The third-order valence-corrected chi connectivity index (χ3v) is 2.65. The molecule has 0 saturated carbocycles. The summed E-state index contributed by atoms with van der Waals surface area (Å²) in [6.07, 6.45) is -2.81. The molecule has 19 heavy (non-hydrogen) atoms. The van der Waals surface area contributed by atoms with Crippen molar-refractivity contribution in [2.45, 2.75) is 6.18 Å². The number of alkyl halides is 3. The molecule has 2 N–H and O–H groups in total. The Labute approximate surface area is 108 Å². The van der Waals surface area contributed by atoms with Crippen molar-refractivity contribution in [3.8, 4) is 0 Å². The summed E-state index contributed by atoms with van der Waals surface area (Å²) in [7, 11) is 0. The topological polar surface area (TPSA) is 38.9 Å². The Hall–Kier alpha value is -2.30. The molecule has 0 spiro atoms. The Kier molecular flexibility index (Phi) is 3.29. The number of halogens is 3. The van der Waals surface area contributed by atoms with Crippen LogP contribution in [-0.4, -0.2) is 4.98 Å². The molecular formula is C14H11F3N2. The molecule has 0 aliphatic carbocycles. The van der Waals surface area contributed by atoms with E-state index < -0.39 is 11.7 Å². The first-order valence-corrected chi connectivity index (χ1v) is 5.46. The van der Waals surface area contributed by atoms with E-state index in [-0.39, 0.29) is 0 Å². The second-order valence-electron chi connectivity index (χ2n) is 4.03. The molecular weight excluding hydrogens is 253 g/mol. The number of aromatic nitrogens is 1. The first-order valence-electron chi connectivity index (χ1n) is 5.46. The maximum Gasteiger partial charge on any atom is 0.416 e. The van der Waals surface area contributed by atoms with E-state index in [1.54, 1.807) is 12.1 Å². The Bertz CT molecular complexity index is 601. The van der Waals surface area contributed by atoms with E-state index in [2.05, 4.69) is 11.6 Å². The highest BCUT2D eigenvalue weighted by molar-refractivity contribution is 5.77. The predicted octanol–water partition coefficient (Wildman–Crippen LogP) is 3.74. The van der Waals surface area contributed by atoms with E-state index in [1.165, 1.54) is 18.3 Å². The highest BCUT2D eigenvalue weighted by Gasteiger charge is 2.30. The Balaban J connectivity index is 2.30. The fraction of sp³-hybridized carbons (Fsp3) is 0.0714. The van der Waals surface area contributed by atoms with Crippen molar-refractivity contribution in [3.63, 3.8) is 0 Å². The van der Waals surface area contributed by atoms with Crippen molar-refractivity contribution < 1.29 is 13.2 Å². The molecule has 5 heteroatoms. The third-order valence-electron chi connectivity index (χ3n) is 2.65. The fourth-order valence-corrected chi connectivity index (χ4v) is 1.62. The van der Waals surface area contributed by atoms with Gasteiger partial charge in [-0.2, -0.15) is 13.2 Å².